The number of carboxylic acids is 1. The number of allylic oxidation sites excluding steroid dienone is 2. The van der Waals surface area contributed by atoms with Crippen molar-refractivity contribution in [2.45, 2.75) is 6.42 Å². The number of fused-ring (bicyclic) bond motifs is 2. The molecule has 1 aromatic rings. The van der Waals surface area contributed by atoms with E-state index in [0.29, 0.717) is 28.6 Å². The molecule has 0 heterocycles. The third-order valence-corrected chi connectivity index (χ3v) is 5.06. The van der Waals surface area contributed by atoms with Gasteiger partial charge in [0.25, 0.3) is 0 Å². The molecular formula is C17H17ClNO5-. The van der Waals surface area contributed by atoms with Crippen molar-refractivity contribution in [2.24, 2.45) is 23.7 Å². The van der Waals surface area contributed by atoms with Gasteiger partial charge in [-0.25, -0.2) is 0 Å². The van der Waals surface area contributed by atoms with E-state index in [1.165, 1.54) is 20.3 Å². The van der Waals surface area contributed by atoms with E-state index in [9.17, 15) is 14.7 Å². The SMILES string of the molecule is COc1cc(NC(=O)[C@H]2[C@@H](C(=O)[O-])[C@H]3C=C[C@@H]2C3)c(OC)cc1Cl. The maximum absolute atomic E-state index is 12.7. The summed E-state index contributed by atoms with van der Waals surface area (Å²) in [7, 11) is 2.92. The highest BCUT2D eigenvalue weighted by Crippen LogP contribution is 2.48. The van der Waals surface area contributed by atoms with Crippen LogP contribution in [0.15, 0.2) is 24.3 Å². The molecule has 6 nitrogen and oxygen atoms in total. The van der Waals surface area contributed by atoms with E-state index in [0.717, 1.165) is 0 Å². The van der Waals surface area contributed by atoms with Crippen molar-refractivity contribution in [1.82, 2.24) is 0 Å². The number of methoxy groups -OCH3 is 2. The van der Waals surface area contributed by atoms with Crippen molar-refractivity contribution >= 4 is 29.2 Å². The topological polar surface area (TPSA) is 87.7 Å². The standard InChI is InChI=1S/C17H18ClNO5/c1-23-12-7-11(13(24-2)6-10(12)18)19-16(20)14-8-3-4-9(5-8)15(14)17(21)22/h3-4,6-9,14-15H,5H2,1-2H3,(H,19,20)(H,21,22)/p-1/t8-,9+,14-,15+/m1/s1. The predicted octanol–water partition coefficient (Wildman–Crippen LogP) is 1.48. The summed E-state index contributed by atoms with van der Waals surface area (Å²) >= 11 is 6.05. The van der Waals surface area contributed by atoms with Crippen molar-refractivity contribution in [2.75, 3.05) is 19.5 Å². The van der Waals surface area contributed by atoms with Crippen molar-refractivity contribution in [1.29, 1.82) is 0 Å². The molecule has 24 heavy (non-hydrogen) atoms. The smallest absolute Gasteiger partial charge is 0.228 e. The third kappa shape index (κ3) is 2.71. The highest BCUT2D eigenvalue weighted by Gasteiger charge is 2.48. The zero-order chi connectivity index (χ0) is 17.4. The summed E-state index contributed by atoms with van der Waals surface area (Å²) < 4.78 is 10.4. The van der Waals surface area contributed by atoms with Gasteiger partial charge in [-0.3, -0.25) is 4.79 Å². The van der Waals surface area contributed by atoms with Crippen molar-refractivity contribution < 1.29 is 24.2 Å². The van der Waals surface area contributed by atoms with Crippen LogP contribution in [0.3, 0.4) is 0 Å². The molecule has 1 N–H and O–H groups in total. The van der Waals surface area contributed by atoms with Gasteiger partial charge in [-0.15, -0.1) is 0 Å². The fourth-order valence-electron chi connectivity index (χ4n) is 3.68. The lowest BCUT2D eigenvalue weighted by atomic mass is 9.82. The molecule has 1 saturated carbocycles. The summed E-state index contributed by atoms with van der Waals surface area (Å²) in [6.45, 7) is 0. The summed E-state index contributed by atoms with van der Waals surface area (Å²) in [6.07, 6.45) is 4.44. The summed E-state index contributed by atoms with van der Waals surface area (Å²) in [5.41, 5.74) is 0.382. The molecule has 4 atom stereocenters. The van der Waals surface area contributed by atoms with Crippen LogP contribution in [0.5, 0.6) is 11.5 Å². The van der Waals surface area contributed by atoms with Gasteiger partial charge in [-0.05, 0) is 18.3 Å². The molecule has 0 aliphatic heterocycles. The van der Waals surface area contributed by atoms with Crippen LogP contribution in [0.1, 0.15) is 6.42 Å². The van der Waals surface area contributed by atoms with Gasteiger partial charge in [0.15, 0.2) is 0 Å². The number of halogens is 1. The zero-order valence-electron chi connectivity index (χ0n) is 13.2. The van der Waals surface area contributed by atoms with E-state index < -0.39 is 17.8 Å². The Morgan fingerprint density at radius 1 is 1.12 bits per heavy atom. The zero-order valence-corrected chi connectivity index (χ0v) is 14.0. The van der Waals surface area contributed by atoms with Gasteiger partial charge in [-0.1, -0.05) is 23.8 Å². The second kappa shape index (κ2) is 6.36. The number of carbonyl (C=O) groups excluding carboxylic acids is 2. The first-order chi connectivity index (χ1) is 11.5. The monoisotopic (exact) mass is 350 g/mol. The maximum Gasteiger partial charge on any atom is 0.228 e. The molecule has 0 unspecified atom stereocenters. The van der Waals surface area contributed by atoms with Gasteiger partial charge in [0.2, 0.25) is 5.91 Å². The average molecular weight is 351 g/mol. The molecule has 0 radical (unpaired) electrons. The van der Waals surface area contributed by atoms with Crippen LogP contribution in [0.25, 0.3) is 0 Å². The van der Waals surface area contributed by atoms with Crippen LogP contribution in [0.2, 0.25) is 5.02 Å². The lowest BCUT2D eigenvalue weighted by molar-refractivity contribution is -0.313. The van der Waals surface area contributed by atoms with E-state index in [-0.39, 0.29) is 17.7 Å². The number of benzene rings is 1. The van der Waals surface area contributed by atoms with Crippen LogP contribution >= 0.6 is 11.6 Å². The predicted molar refractivity (Wildman–Crippen MR) is 85.9 cm³/mol. The number of hydrogen-bond donors (Lipinski definition) is 1. The van der Waals surface area contributed by atoms with Crippen LogP contribution < -0.4 is 19.9 Å². The van der Waals surface area contributed by atoms with E-state index >= 15 is 0 Å². The minimum Gasteiger partial charge on any atom is -0.550 e. The number of ether oxygens (including phenoxy) is 2. The molecule has 1 aromatic carbocycles. The summed E-state index contributed by atoms with van der Waals surface area (Å²) in [5, 5.41) is 14.5. The Morgan fingerprint density at radius 2 is 1.75 bits per heavy atom. The molecular weight excluding hydrogens is 334 g/mol. The van der Waals surface area contributed by atoms with Crippen LogP contribution in [-0.4, -0.2) is 26.1 Å². The van der Waals surface area contributed by atoms with Gasteiger partial charge in [0, 0.05) is 24.0 Å². The summed E-state index contributed by atoms with van der Waals surface area (Å²) in [4.78, 5) is 24.1. The Bertz CT molecular complexity index is 717. The number of aliphatic carboxylic acids is 1. The van der Waals surface area contributed by atoms with E-state index in [1.54, 1.807) is 6.07 Å². The fourth-order valence-corrected chi connectivity index (χ4v) is 3.91. The first-order valence-electron chi connectivity index (χ1n) is 7.57. The second-order valence-corrected chi connectivity index (χ2v) is 6.40. The minimum atomic E-state index is -1.19. The molecule has 0 aromatic heterocycles. The molecule has 7 heteroatoms. The first kappa shape index (κ1) is 16.6. The molecule has 0 spiro atoms. The van der Waals surface area contributed by atoms with Crippen molar-refractivity contribution in [3.8, 4) is 11.5 Å². The molecule has 2 bridgehead atoms. The molecule has 2 aliphatic carbocycles. The number of anilines is 1. The molecule has 3 rings (SSSR count). The van der Waals surface area contributed by atoms with Gasteiger partial charge in [-0.2, -0.15) is 0 Å². The van der Waals surface area contributed by atoms with Crippen LogP contribution in [-0.2, 0) is 9.59 Å². The normalized spacial score (nSPS) is 27.1. The number of nitrogens with one attached hydrogen (secondary N) is 1. The lowest BCUT2D eigenvalue weighted by Gasteiger charge is -2.28. The van der Waals surface area contributed by atoms with Crippen LogP contribution in [0, 0.1) is 23.7 Å². The Labute approximate surface area is 144 Å². The number of carboxylic acid groups (broad SMARTS) is 1. The molecule has 128 valence electrons. The Morgan fingerprint density at radius 3 is 2.33 bits per heavy atom. The van der Waals surface area contributed by atoms with E-state index in [1.807, 2.05) is 12.2 Å². The summed E-state index contributed by atoms with van der Waals surface area (Å²) in [5.74, 6) is -2.49. The van der Waals surface area contributed by atoms with Gasteiger partial charge in [0.1, 0.15) is 11.5 Å². The number of rotatable bonds is 5. The third-order valence-electron chi connectivity index (χ3n) is 4.77. The Kier molecular flexibility index (Phi) is 4.41. The lowest BCUT2D eigenvalue weighted by Crippen LogP contribution is -2.42. The average Bonchev–Trinajstić information content (AvgIpc) is 3.16. The number of carbonyl (C=O) groups is 2. The first-order valence-corrected chi connectivity index (χ1v) is 7.95. The van der Waals surface area contributed by atoms with Crippen molar-refractivity contribution in [3.05, 3.63) is 29.3 Å². The highest BCUT2D eigenvalue weighted by molar-refractivity contribution is 6.32. The molecule has 0 saturated heterocycles. The molecule has 1 fully saturated rings. The molecule has 2 aliphatic rings. The van der Waals surface area contributed by atoms with Gasteiger partial charge in [0.05, 0.1) is 30.8 Å². The summed E-state index contributed by atoms with van der Waals surface area (Å²) in [6, 6.07) is 3.09. The maximum atomic E-state index is 12.7. The number of amides is 1. The van der Waals surface area contributed by atoms with Gasteiger partial charge >= 0.3 is 0 Å². The van der Waals surface area contributed by atoms with Crippen molar-refractivity contribution in [3.63, 3.8) is 0 Å². The minimum absolute atomic E-state index is 0.0851. The number of hydrogen-bond acceptors (Lipinski definition) is 5. The molecule has 1 amide bonds. The quantitative estimate of drug-likeness (QED) is 0.813. The largest absolute Gasteiger partial charge is 0.550 e. The highest BCUT2D eigenvalue weighted by atomic mass is 35.5. The van der Waals surface area contributed by atoms with Gasteiger partial charge < -0.3 is 24.7 Å². The van der Waals surface area contributed by atoms with E-state index in [2.05, 4.69) is 5.32 Å². The fraction of sp³-hybridized carbons (Fsp3) is 0.412. The van der Waals surface area contributed by atoms with Crippen LogP contribution in [0.4, 0.5) is 5.69 Å². The Balaban J connectivity index is 1.87. The van der Waals surface area contributed by atoms with E-state index in [4.69, 9.17) is 21.1 Å². The Hall–Kier alpha value is -2.21. The second-order valence-electron chi connectivity index (χ2n) is 6.00.